The predicted molar refractivity (Wildman–Crippen MR) is 125 cm³/mol. The van der Waals surface area contributed by atoms with Crippen LogP contribution in [0.25, 0.3) is 10.9 Å². The van der Waals surface area contributed by atoms with Crippen molar-refractivity contribution in [3.63, 3.8) is 0 Å². The Bertz CT molecular complexity index is 1220. The quantitative estimate of drug-likeness (QED) is 0.534. The number of anilines is 1. The summed E-state index contributed by atoms with van der Waals surface area (Å²) in [6, 6.07) is 10.4. The molecular weight excluding hydrogens is 411 g/mol. The van der Waals surface area contributed by atoms with Crippen molar-refractivity contribution in [2.45, 2.75) is 44.6 Å². The first-order chi connectivity index (χ1) is 14.9. The number of nitrogens with one attached hydrogen (secondary N) is 2. The van der Waals surface area contributed by atoms with Crippen LogP contribution in [0.4, 0.5) is 10.1 Å². The third-order valence-electron chi connectivity index (χ3n) is 6.36. The van der Waals surface area contributed by atoms with E-state index < -0.39 is 5.54 Å². The van der Waals surface area contributed by atoms with Crippen LogP contribution in [-0.2, 0) is 18.4 Å². The largest absolute Gasteiger partial charge is 0.379 e. The second-order valence-electron chi connectivity index (χ2n) is 8.52. The Balaban J connectivity index is 1.44. The molecule has 1 aliphatic carbocycles. The number of amides is 1. The monoisotopic (exact) mass is 436 g/mol. The van der Waals surface area contributed by atoms with Gasteiger partial charge in [-0.1, -0.05) is 11.8 Å². The topological polar surface area (TPSA) is 83.3 Å². The number of benzene rings is 2. The fourth-order valence-electron chi connectivity index (χ4n) is 4.65. The Kier molecular flexibility index (Phi) is 5.01. The second kappa shape index (κ2) is 7.71. The highest BCUT2D eigenvalue weighted by molar-refractivity contribution is 8.13. The number of aryl methyl sites for hydroxylation is 2. The van der Waals surface area contributed by atoms with Gasteiger partial charge in [-0.15, -0.1) is 0 Å². The molecule has 2 heterocycles. The molecule has 5 nitrogen and oxygen atoms in total. The normalized spacial score (nSPS) is 20.9. The first-order valence-electron chi connectivity index (χ1n) is 10.7. The van der Waals surface area contributed by atoms with E-state index in [1.54, 1.807) is 12.1 Å². The number of aromatic amines is 1. The maximum atomic E-state index is 14.7. The van der Waals surface area contributed by atoms with Crippen LogP contribution >= 0.6 is 11.8 Å². The lowest BCUT2D eigenvalue weighted by Gasteiger charge is -2.30. The molecule has 5 rings (SSSR count). The predicted octanol–water partition coefficient (Wildman–Crippen LogP) is 5.10. The number of carbonyl (C=O) groups excluding carboxylic acids is 1. The number of hydrogen-bond acceptors (Lipinski definition) is 4. The van der Waals surface area contributed by atoms with Gasteiger partial charge in [0.25, 0.3) is 5.91 Å². The standard InChI is InChI=1S/C24H25FN4OS/c1-24(10-11-31-23(26)29-24)18-13-15(7-8-19(18)25)27-22(30)14-6-9-21-17(12-14)16-4-2-3-5-20(16)28-21/h6-9,12-13,28H,2-5,10-11H2,1H3,(H2,26,29)(H,27,30). The van der Waals surface area contributed by atoms with Gasteiger partial charge in [0.15, 0.2) is 5.17 Å². The smallest absolute Gasteiger partial charge is 0.255 e. The van der Waals surface area contributed by atoms with E-state index in [2.05, 4.69) is 15.3 Å². The van der Waals surface area contributed by atoms with Crippen LogP contribution in [0.3, 0.4) is 0 Å². The zero-order valence-electron chi connectivity index (χ0n) is 17.4. The second-order valence-corrected chi connectivity index (χ2v) is 9.64. The molecule has 0 saturated heterocycles. The molecule has 1 aromatic heterocycles. The molecule has 7 heteroatoms. The van der Waals surface area contributed by atoms with E-state index in [9.17, 15) is 9.18 Å². The molecule has 0 fully saturated rings. The summed E-state index contributed by atoms with van der Waals surface area (Å²) in [6.45, 7) is 1.88. The molecule has 2 aromatic carbocycles. The Hall–Kier alpha value is -2.80. The van der Waals surface area contributed by atoms with Crippen LogP contribution in [0.2, 0.25) is 0 Å². The van der Waals surface area contributed by atoms with E-state index in [4.69, 9.17) is 5.73 Å². The van der Waals surface area contributed by atoms with Crippen LogP contribution in [0, 0.1) is 5.82 Å². The van der Waals surface area contributed by atoms with Crippen molar-refractivity contribution < 1.29 is 9.18 Å². The Morgan fingerprint density at radius 1 is 1.23 bits per heavy atom. The third-order valence-corrected chi connectivity index (χ3v) is 7.16. The number of thioether (sulfide) groups is 1. The Labute approximate surface area is 184 Å². The molecule has 3 aromatic rings. The summed E-state index contributed by atoms with van der Waals surface area (Å²) in [5.74, 6) is 0.227. The molecule has 0 spiro atoms. The average molecular weight is 437 g/mol. The highest BCUT2D eigenvalue weighted by atomic mass is 32.2. The number of fused-ring (bicyclic) bond motifs is 3. The third kappa shape index (κ3) is 3.71. The van der Waals surface area contributed by atoms with E-state index in [1.807, 2.05) is 25.1 Å². The van der Waals surface area contributed by atoms with Crippen molar-refractivity contribution in [1.82, 2.24) is 4.98 Å². The fourth-order valence-corrected chi connectivity index (χ4v) is 5.62. The summed E-state index contributed by atoms with van der Waals surface area (Å²) < 4.78 is 14.7. The minimum absolute atomic E-state index is 0.211. The number of carbonyl (C=O) groups is 1. The van der Waals surface area contributed by atoms with Gasteiger partial charge < -0.3 is 16.0 Å². The Morgan fingerprint density at radius 3 is 2.90 bits per heavy atom. The van der Waals surface area contributed by atoms with Gasteiger partial charge in [-0.25, -0.2) is 4.39 Å². The van der Waals surface area contributed by atoms with Crippen molar-refractivity contribution >= 4 is 39.4 Å². The zero-order valence-corrected chi connectivity index (χ0v) is 18.2. The molecular formula is C24H25FN4OS. The van der Waals surface area contributed by atoms with Crippen molar-refractivity contribution in [3.8, 4) is 0 Å². The maximum absolute atomic E-state index is 14.7. The molecule has 1 aliphatic heterocycles. The van der Waals surface area contributed by atoms with Crippen LogP contribution in [-0.4, -0.2) is 21.8 Å². The number of hydrogen-bond donors (Lipinski definition) is 3. The van der Waals surface area contributed by atoms with Gasteiger partial charge in [0.2, 0.25) is 0 Å². The van der Waals surface area contributed by atoms with Gasteiger partial charge in [-0.3, -0.25) is 9.79 Å². The highest BCUT2D eigenvalue weighted by Crippen LogP contribution is 2.37. The van der Waals surface area contributed by atoms with E-state index in [-0.39, 0.29) is 11.7 Å². The summed E-state index contributed by atoms with van der Waals surface area (Å²) >= 11 is 1.48. The molecule has 1 atom stereocenters. The maximum Gasteiger partial charge on any atom is 0.255 e. The van der Waals surface area contributed by atoms with Crippen molar-refractivity contribution in [1.29, 1.82) is 0 Å². The first-order valence-corrected chi connectivity index (χ1v) is 11.6. The Morgan fingerprint density at radius 2 is 2.06 bits per heavy atom. The highest BCUT2D eigenvalue weighted by Gasteiger charge is 2.32. The lowest BCUT2D eigenvalue weighted by atomic mass is 9.89. The minimum Gasteiger partial charge on any atom is -0.379 e. The van der Waals surface area contributed by atoms with Crippen LogP contribution < -0.4 is 11.1 Å². The van der Waals surface area contributed by atoms with Crippen LogP contribution in [0.5, 0.6) is 0 Å². The molecule has 0 radical (unpaired) electrons. The number of aromatic nitrogens is 1. The van der Waals surface area contributed by atoms with Gasteiger partial charge in [0.1, 0.15) is 5.82 Å². The summed E-state index contributed by atoms with van der Waals surface area (Å²) in [5.41, 5.74) is 10.4. The molecule has 160 valence electrons. The van der Waals surface area contributed by atoms with Gasteiger partial charge in [-0.2, -0.15) is 0 Å². The fraction of sp³-hybridized carbons (Fsp3) is 0.333. The number of halogens is 1. The number of H-pyrrole nitrogens is 1. The van der Waals surface area contributed by atoms with Gasteiger partial charge >= 0.3 is 0 Å². The number of nitrogens with two attached hydrogens (primary N) is 1. The summed E-state index contributed by atoms with van der Waals surface area (Å²) in [6.07, 6.45) is 5.17. The number of aliphatic imine (C=N–C) groups is 1. The van der Waals surface area contributed by atoms with E-state index in [1.165, 1.54) is 41.9 Å². The summed E-state index contributed by atoms with van der Waals surface area (Å²) in [7, 11) is 0. The number of amidine groups is 1. The molecule has 0 bridgehead atoms. The van der Waals surface area contributed by atoms with Crippen LogP contribution in [0.15, 0.2) is 41.4 Å². The van der Waals surface area contributed by atoms with E-state index >= 15 is 0 Å². The van der Waals surface area contributed by atoms with Crippen molar-refractivity contribution in [2.75, 3.05) is 11.1 Å². The van der Waals surface area contributed by atoms with Crippen molar-refractivity contribution in [3.05, 3.63) is 64.6 Å². The number of rotatable bonds is 3. The summed E-state index contributed by atoms with van der Waals surface area (Å²) in [5, 5.41) is 4.52. The average Bonchev–Trinajstić information content (AvgIpc) is 3.12. The number of nitrogens with zero attached hydrogens (tertiary/aromatic N) is 1. The van der Waals surface area contributed by atoms with Gasteiger partial charge in [0.05, 0.1) is 5.54 Å². The molecule has 2 aliphatic rings. The van der Waals surface area contributed by atoms with Crippen LogP contribution in [0.1, 0.15) is 53.4 Å². The minimum atomic E-state index is -0.733. The van der Waals surface area contributed by atoms with Crippen molar-refractivity contribution in [2.24, 2.45) is 10.7 Å². The lowest BCUT2D eigenvalue weighted by molar-refractivity contribution is 0.102. The van der Waals surface area contributed by atoms with E-state index in [0.29, 0.717) is 28.4 Å². The van der Waals surface area contributed by atoms with Gasteiger partial charge in [-0.05, 0) is 81.0 Å². The molecule has 0 saturated carbocycles. The molecule has 1 amide bonds. The summed E-state index contributed by atoms with van der Waals surface area (Å²) in [4.78, 5) is 21.0. The first kappa shape index (κ1) is 20.1. The molecule has 4 N–H and O–H groups in total. The zero-order chi connectivity index (χ0) is 21.6. The lowest BCUT2D eigenvalue weighted by Crippen LogP contribution is -2.29. The van der Waals surface area contributed by atoms with E-state index in [0.717, 1.165) is 29.5 Å². The molecule has 1 unspecified atom stereocenters. The van der Waals surface area contributed by atoms with Gasteiger partial charge in [0, 0.05) is 39.2 Å². The molecule has 31 heavy (non-hydrogen) atoms. The SMILES string of the molecule is CC1(c2cc(NC(=O)c3ccc4[nH]c5c(c4c3)CCCC5)ccc2F)CCSC(N)=N1.